The number of halogens is 2. The molecule has 0 aliphatic carbocycles. The molecule has 0 atom stereocenters. The van der Waals surface area contributed by atoms with Crippen molar-refractivity contribution in [1.29, 1.82) is 0 Å². The van der Waals surface area contributed by atoms with E-state index in [1.54, 1.807) is 54.6 Å². The Morgan fingerprint density at radius 3 is 2.19 bits per heavy atom. The highest BCUT2D eigenvalue weighted by Crippen LogP contribution is 2.33. The smallest absolute Gasteiger partial charge is 0.293 e. The van der Waals surface area contributed by atoms with Gasteiger partial charge in [0.1, 0.15) is 24.0 Å². The van der Waals surface area contributed by atoms with Crippen molar-refractivity contribution in [3.05, 3.63) is 106 Å². The predicted molar refractivity (Wildman–Crippen MR) is 115 cm³/mol. The summed E-state index contributed by atoms with van der Waals surface area (Å²) >= 11 is 0.865. The van der Waals surface area contributed by atoms with E-state index < -0.39 is 5.91 Å². The number of nitrogens with zero attached hydrogens (tertiary/aromatic N) is 1. The largest absolute Gasteiger partial charge is 0.489 e. The van der Waals surface area contributed by atoms with Crippen molar-refractivity contribution < 1.29 is 23.1 Å². The van der Waals surface area contributed by atoms with Crippen LogP contribution >= 0.6 is 11.8 Å². The third kappa shape index (κ3) is 5.19. The van der Waals surface area contributed by atoms with Crippen LogP contribution in [-0.2, 0) is 17.9 Å². The van der Waals surface area contributed by atoms with Gasteiger partial charge in [0.2, 0.25) is 0 Å². The van der Waals surface area contributed by atoms with E-state index in [4.69, 9.17) is 4.74 Å². The van der Waals surface area contributed by atoms with Gasteiger partial charge in [0.05, 0.1) is 11.4 Å². The van der Waals surface area contributed by atoms with Gasteiger partial charge in [-0.1, -0.05) is 36.4 Å². The molecule has 4 nitrogen and oxygen atoms in total. The summed E-state index contributed by atoms with van der Waals surface area (Å²) in [5.41, 5.74) is 2.21. The van der Waals surface area contributed by atoms with E-state index in [2.05, 4.69) is 0 Å². The van der Waals surface area contributed by atoms with Crippen molar-refractivity contribution in [3.8, 4) is 5.75 Å². The minimum atomic E-state index is -0.392. The molecule has 3 aromatic rings. The molecule has 0 saturated carbocycles. The van der Waals surface area contributed by atoms with Crippen molar-refractivity contribution in [1.82, 2.24) is 4.90 Å². The van der Waals surface area contributed by atoms with Crippen molar-refractivity contribution in [2.75, 3.05) is 0 Å². The molecule has 1 saturated heterocycles. The zero-order chi connectivity index (χ0) is 21.8. The fraction of sp³-hybridized carbons (Fsp3) is 0.0833. The normalized spacial score (nSPS) is 15.0. The minimum absolute atomic E-state index is 0.0864. The van der Waals surface area contributed by atoms with Crippen molar-refractivity contribution in [2.45, 2.75) is 13.2 Å². The zero-order valence-corrected chi connectivity index (χ0v) is 17.1. The molecule has 0 radical (unpaired) electrons. The lowest BCUT2D eigenvalue weighted by molar-refractivity contribution is -0.123. The van der Waals surface area contributed by atoms with E-state index in [-0.39, 0.29) is 30.0 Å². The molecule has 7 heteroatoms. The van der Waals surface area contributed by atoms with Crippen LogP contribution in [-0.4, -0.2) is 16.0 Å². The number of hydrogen-bond acceptors (Lipinski definition) is 4. The minimum Gasteiger partial charge on any atom is -0.489 e. The highest BCUT2D eigenvalue weighted by atomic mass is 32.2. The summed E-state index contributed by atoms with van der Waals surface area (Å²) in [4.78, 5) is 26.4. The maximum atomic E-state index is 13.1. The Morgan fingerprint density at radius 2 is 1.52 bits per heavy atom. The number of benzene rings is 3. The summed E-state index contributed by atoms with van der Waals surface area (Å²) in [7, 11) is 0. The molecule has 0 unspecified atom stereocenters. The lowest BCUT2D eigenvalue weighted by Crippen LogP contribution is -2.27. The van der Waals surface area contributed by atoms with Gasteiger partial charge in [-0.15, -0.1) is 0 Å². The molecular weight excluding hydrogens is 420 g/mol. The average Bonchev–Trinajstić information content (AvgIpc) is 3.02. The quantitative estimate of drug-likeness (QED) is 0.459. The first-order valence-corrected chi connectivity index (χ1v) is 10.3. The Balaban J connectivity index is 1.44. The zero-order valence-electron chi connectivity index (χ0n) is 16.3. The third-order valence-electron chi connectivity index (χ3n) is 4.60. The van der Waals surface area contributed by atoms with Crippen LogP contribution in [0.2, 0.25) is 0 Å². The van der Waals surface area contributed by atoms with Gasteiger partial charge in [0.25, 0.3) is 11.1 Å². The maximum Gasteiger partial charge on any atom is 0.293 e. The molecule has 0 spiro atoms. The number of carbonyl (C=O) groups excluding carboxylic acids is 2. The molecule has 0 N–H and O–H groups in total. The highest BCUT2D eigenvalue weighted by Gasteiger charge is 2.34. The number of carbonyl (C=O) groups is 2. The SMILES string of the molecule is O=C1S/C(=C\c2cccc(OCc3ccc(F)cc3)c2)C(=O)N1Cc1ccc(F)cc1. The van der Waals surface area contributed by atoms with Crippen LogP contribution in [0.25, 0.3) is 6.08 Å². The van der Waals surface area contributed by atoms with Crippen LogP contribution in [0.1, 0.15) is 16.7 Å². The first-order chi connectivity index (χ1) is 15.0. The molecule has 3 aromatic carbocycles. The van der Waals surface area contributed by atoms with Gasteiger partial charge in [-0.25, -0.2) is 8.78 Å². The summed E-state index contributed by atoms with van der Waals surface area (Å²) < 4.78 is 31.8. The summed E-state index contributed by atoms with van der Waals surface area (Å²) in [5, 5.41) is -0.371. The number of rotatable bonds is 6. The van der Waals surface area contributed by atoms with Gasteiger partial charge in [0, 0.05) is 0 Å². The van der Waals surface area contributed by atoms with E-state index in [1.165, 1.54) is 24.3 Å². The topological polar surface area (TPSA) is 46.6 Å². The standard InChI is InChI=1S/C24H17F2NO3S/c25-19-8-4-16(5-9-19)14-27-23(28)22(31-24(27)29)13-18-2-1-3-21(12-18)30-15-17-6-10-20(26)11-7-17/h1-13H,14-15H2/b22-13-. The lowest BCUT2D eigenvalue weighted by atomic mass is 10.2. The van der Waals surface area contributed by atoms with Crippen LogP contribution in [0, 0.1) is 11.6 Å². The van der Waals surface area contributed by atoms with Crippen molar-refractivity contribution in [2.24, 2.45) is 0 Å². The van der Waals surface area contributed by atoms with Crippen LogP contribution < -0.4 is 4.74 Å². The fourth-order valence-electron chi connectivity index (χ4n) is 3.00. The number of amides is 2. The molecule has 0 bridgehead atoms. The summed E-state index contributed by atoms with van der Waals surface area (Å²) in [5.74, 6) is -0.487. The van der Waals surface area contributed by atoms with Crippen LogP contribution in [0.15, 0.2) is 77.7 Å². The highest BCUT2D eigenvalue weighted by molar-refractivity contribution is 8.18. The Bertz CT molecular complexity index is 1140. The molecule has 1 aliphatic rings. The first kappa shape index (κ1) is 20.8. The second kappa shape index (κ2) is 9.14. The molecule has 2 amide bonds. The number of hydrogen-bond donors (Lipinski definition) is 0. The van der Waals surface area contributed by atoms with Crippen molar-refractivity contribution in [3.63, 3.8) is 0 Å². The Hall–Kier alpha value is -3.45. The molecule has 4 rings (SSSR count). The van der Waals surface area contributed by atoms with E-state index in [0.29, 0.717) is 21.8 Å². The van der Waals surface area contributed by atoms with Gasteiger partial charge in [-0.2, -0.15) is 0 Å². The van der Waals surface area contributed by atoms with E-state index in [1.807, 2.05) is 0 Å². The Morgan fingerprint density at radius 1 is 0.871 bits per heavy atom. The molecule has 156 valence electrons. The third-order valence-corrected chi connectivity index (χ3v) is 5.51. The lowest BCUT2D eigenvalue weighted by Gasteiger charge is -2.12. The fourth-order valence-corrected chi connectivity index (χ4v) is 3.84. The summed E-state index contributed by atoms with van der Waals surface area (Å²) in [6, 6.07) is 18.9. The van der Waals surface area contributed by atoms with E-state index in [9.17, 15) is 18.4 Å². The monoisotopic (exact) mass is 437 g/mol. The maximum absolute atomic E-state index is 13.1. The molecule has 1 fully saturated rings. The van der Waals surface area contributed by atoms with Crippen molar-refractivity contribution >= 4 is 29.0 Å². The van der Waals surface area contributed by atoms with Gasteiger partial charge in [-0.3, -0.25) is 14.5 Å². The number of imide groups is 1. The predicted octanol–water partition coefficient (Wildman–Crippen LogP) is 5.78. The summed E-state index contributed by atoms with van der Waals surface area (Å²) in [6.07, 6.45) is 1.64. The second-order valence-corrected chi connectivity index (χ2v) is 7.88. The molecule has 1 heterocycles. The molecule has 31 heavy (non-hydrogen) atoms. The molecular formula is C24H17F2NO3S. The summed E-state index contributed by atoms with van der Waals surface area (Å²) in [6.45, 7) is 0.362. The average molecular weight is 437 g/mol. The number of thioether (sulfide) groups is 1. The van der Waals surface area contributed by atoms with Gasteiger partial charge in [-0.05, 0) is 70.9 Å². The van der Waals surface area contributed by atoms with Crippen LogP contribution in [0.3, 0.4) is 0 Å². The van der Waals surface area contributed by atoms with Crippen LogP contribution in [0.4, 0.5) is 13.6 Å². The van der Waals surface area contributed by atoms with E-state index >= 15 is 0 Å². The van der Waals surface area contributed by atoms with Gasteiger partial charge < -0.3 is 4.74 Å². The Labute approximate surface area is 182 Å². The van der Waals surface area contributed by atoms with E-state index in [0.717, 1.165) is 22.2 Å². The molecule has 0 aromatic heterocycles. The molecule has 1 aliphatic heterocycles. The Kier molecular flexibility index (Phi) is 6.13. The first-order valence-electron chi connectivity index (χ1n) is 9.45. The van der Waals surface area contributed by atoms with Gasteiger partial charge >= 0.3 is 0 Å². The van der Waals surface area contributed by atoms with Crippen LogP contribution in [0.5, 0.6) is 5.75 Å². The number of ether oxygens (including phenoxy) is 1. The van der Waals surface area contributed by atoms with Gasteiger partial charge in [0.15, 0.2) is 0 Å². The second-order valence-electron chi connectivity index (χ2n) is 6.88.